The molecule has 7 heteroatoms. The van der Waals surface area contributed by atoms with Gasteiger partial charge in [-0.25, -0.2) is 0 Å². The largest absolute Gasteiger partial charge is 0.392 e. The summed E-state index contributed by atoms with van der Waals surface area (Å²) >= 11 is 0. The Morgan fingerprint density at radius 2 is 2.17 bits per heavy atom. The van der Waals surface area contributed by atoms with Crippen LogP contribution in [0.2, 0.25) is 0 Å². The van der Waals surface area contributed by atoms with E-state index < -0.39 is 0 Å². The third-order valence-electron chi connectivity index (χ3n) is 5.24. The van der Waals surface area contributed by atoms with Gasteiger partial charge in [0.05, 0.1) is 12.2 Å². The highest BCUT2D eigenvalue weighted by Gasteiger charge is 2.56. The van der Waals surface area contributed by atoms with E-state index in [0.29, 0.717) is 12.3 Å². The summed E-state index contributed by atoms with van der Waals surface area (Å²) in [5.41, 5.74) is 0.220. The quantitative estimate of drug-likeness (QED) is 0.844. The number of hydrogen-bond donors (Lipinski definition) is 2. The number of ether oxygens (including phenoxy) is 1. The van der Waals surface area contributed by atoms with Crippen LogP contribution in [0, 0.1) is 5.41 Å². The zero-order chi connectivity index (χ0) is 16.4. The zero-order valence-electron chi connectivity index (χ0n) is 13.7. The molecule has 1 aromatic heterocycles. The van der Waals surface area contributed by atoms with E-state index in [-0.39, 0.29) is 23.5 Å². The highest BCUT2D eigenvalue weighted by molar-refractivity contribution is 5.91. The fraction of sp³-hybridized carbons (Fsp3) is 0.688. The molecule has 2 unspecified atom stereocenters. The van der Waals surface area contributed by atoms with Crippen LogP contribution in [0.5, 0.6) is 0 Å². The van der Waals surface area contributed by atoms with Crippen LogP contribution >= 0.6 is 0 Å². The Kier molecular flexibility index (Phi) is 4.50. The maximum Gasteiger partial charge on any atom is 0.271 e. The number of nitrogens with one attached hydrogen (secondary N) is 1. The van der Waals surface area contributed by atoms with E-state index in [1.165, 1.54) is 0 Å². The average molecular weight is 320 g/mol. The lowest BCUT2D eigenvalue weighted by molar-refractivity contribution is -0.199. The number of aromatic nitrogens is 2. The molecule has 7 nitrogen and oxygen atoms in total. The summed E-state index contributed by atoms with van der Waals surface area (Å²) < 4.78 is 5.79. The van der Waals surface area contributed by atoms with Gasteiger partial charge in [0.25, 0.3) is 5.91 Å². The van der Waals surface area contributed by atoms with Crippen molar-refractivity contribution < 1.29 is 14.6 Å². The normalized spacial score (nSPS) is 26.0. The molecule has 1 saturated heterocycles. The first kappa shape index (κ1) is 16.1. The third kappa shape index (κ3) is 2.79. The molecule has 23 heavy (non-hydrogen) atoms. The average Bonchev–Trinajstić information content (AvgIpc) is 2.61. The van der Waals surface area contributed by atoms with Gasteiger partial charge < -0.3 is 20.1 Å². The summed E-state index contributed by atoms with van der Waals surface area (Å²) in [5.74, 6) is 0.535. The Bertz CT molecular complexity index is 553. The van der Waals surface area contributed by atoms with E-state index in [4.69, 9.17) is 4.74 Å². The summed E-state index contributed by atoms with van der Waals surface area (Å²) in [6.07, 6.45) is 2.43. The number of anilines is 1. The minimum Gasteiger partial charge on any atom is -0.392 e. The second-order valence-electron chi connectivity index (χ2n) is 6.27. The molecule has 126 valence electrons. The molecule has 1 saturated carbocycles. The standard InChI is InChI=1S/C16H24N4O3/c1-3-23-13-10-12(21)16(13)6-8-20(9-7-16)14-5-4-11(18-19-14)15(22)17-2/h4-5,12-13,21H,3,6-10H2,1-2H3,(H,17,22). The molecule has 1 amide bonds. The topological polar surface area (TPSA) is 87.6 Å². The van der Waals surface area contributed by atoms with Gasteiger partial charge in [0.2, 0.25) is 0 Å². The first-order chi connectivity index (χ1) is 11.1. The Morgan fingerprint density at radius 1 is 1.43 bits per heavy atom. The molecule has 2 aliphatic rings. The van der Waals surface area contributed by atoms with Crippen molar-refractivity contribution in [2.24, 2.45) is 5.41 Å². The number of carbonyl (C=O) groups is 1. The maximum atomic E-state index is 11.5. The van der Waals surface area contributed by atoms with E-state index in [1.807, 2.05) is 13.0 Å². The summed E-state index contributed by atoms with van der Waals surface area (Å²) in [6, 6.07) is 3.51. The monoisotopic (exact) mass is 320 g/mol. The Balaban J connectivity index is 1.64. The van der Waals surface area contributed by atoms with Crippen LogP contribution in [0.4, 0.5) is 5.82 Å². The molecule has 1 aliphatic carbocycles. The van der Waals surface area contributed by atoms with Crippen molar-refractivity contribution in [2.45, 2.75) is 38.4 Å². The SMILES string of the molecule is CCOC1CC(O)C12CCN(c1ccc(C(=O)NC)nn1)CC2. The maximum absolute atomic E-state index is 11.5. The van der Waals surface area contributed by atoms with Crippen LogP contribution in [0.3, 0.4) is 0 Å². The van der Waals surface area contributed by atoms with Crippen LogP contribution in [0.1, 0.15) is 36.7 Å². The lowest BCUT2D eigenvalue weighted by atomic mass is 9.58. The van der Waals surface area contributed by atoms with Crippen LogP contribution < -0.4 is 10.2 Å². The van der Waals surface area contributed by atoms with Gasteiger partial charge in [-0.05, 0) is 31.9 Å². The molecule has 3 rings (SSSR count). The van der Waals surface area contributed by atoms with Crippen LogP contribution in [-0.2, 0) is 4.74 Å². The van der Waals surface area contributed by atoms with Gasteiger partial charge >= 0.3 is 0 Å². The molecular weight excluding hydrogens is 296 g/mol. The Morgan fingerprint density at radius 3 is 2.70 bits per heavy atom. The second-order valence-corrected chi connectivity index (χ2v) is 6.27. The molecule has 2 N–H and O–H groups in total. The summed E-state index contributed by atoms with van der Waals surface area (Å²) in [7, 11) is 1.57. The van der Waals surface area contributed by atoms with Gasteiger partial charge in [0, 0.05) is 38.6 Å². The van der Waals surface area contributed by atoms with Crippen LogP contribution in [-0.4, -0.2) is 60.2 Å². The molecule has 1 aromatic rings. The smallest absolute Gasteiger partial charge is 0.271 e. The van der Waals surface area contributed by atoms with E-state index in [2.05, 4.69) is 20.4 Å². The fourth-order valence-electron chi connectivity index (χ4n) is 3.71. The van der Waals surface area contributed by atoms with Crippen molar-refractivity contribution in [3.05, 3.63) is 17.8 Å². The first-order valence-corrected chi connectivity index (χ1v) is 8.21. The minimum atomic E-state index is -0.261. The Labute approximate surface area is 136 Å². The highest BCUT2D eigenvalue weighted by atomic mass is 16.5. The van der Waals surface area contributed by atoms with Crippen molar-refractivity contribution >= 4 is 11.7 Å². The van der Waals surface area contributed by atoms with Gasteiger partial charge in [-0.3, -0.25) is 4.79 Å². The number of rotatable bonds is 4. The van der Waals surface area contributed by atoms with Crippen molar-refractivity contribution in [1.29, 1.82) is 0 Å². The number of aliphatic hydroxyl groups excluding tert-OH is 1. The number of nitrogens with zero attached hydrogens (tertiary/aromatic N) is 3. The highest BCUT2D eigenvalue weighted by Crippen LogP contribution is 2.51. The predicted octanol–water partition coefficient (Wildman–Crippen LogP) is 0.592. The van der Waals surface area contributed by atoms with E-state index in [0.717, 1.165) is 38.2 Å². The minimum absolute atomic E-state index is 0.0953. The van der Waals surface area contributed by atoms with E-state index >= 15 is 0 Å². The van der Waals surface area contributed by atoms with Crippen molar-refractivity contribution in [3.63, 3.8) is 0 Å². The molecule has 2 fully saturated rings. The van der Waals surface area contributed by atoms with Crippen molar-refractivity contribution in [1.82, 2.24) is 15.5 Å². The number of carbonyl (C=O) groups excluding carboxylic acids is 1. The third-order valence-corrected chi connectivity index (χ3v) is 5.24. The first-order valence-electron chi connectivity index (χ1n) is 8.21. The van der Waals surface area contributed by atoms with Crippen molar-refractivity contribution in [3.8, 4) is 0 Å². The number of amides is 1. The number of piperidine rings is 1. The summed E-state index contributed by atoms with van der Waals surface area (Å²) in [4.78, 5) is 13.7. The number of aliphatic hydroxyl groups is 1. The second kappa shape index (κ2) is 6.41. The number of hydrogen-bond acceptors (Lipinski definition) is 6. The molecule has 2 atom stereocenters. The molecule has 0 radical (unpaired) electrons. The molecular formula is C16H24N4O3. The van der Waals surface area contributed by atoms with Gasteiger partial charge in [0.1, 0.15) is 0 Å². The lowest BCUT2D eigenvalue weighted by Gasteiger charge is -2.56. The molecule has 1 spiro atoms. The molecule has 2 heterocycles. The van der Waals surface area contributed by atoms with E-state index in [1.54, 1.807) is 13.1 Å². The summed E-state index contributed by atoms with van der Waals surface area (Å²) in [6.45, 7) is 4.32. The van der Waals surface area contributed by atoms with Gasteiger partial charge in [-0.15, -0.1) is 10.2 Å². The molecule has 0 aromatic carbocycles. The lowest BCUT2D eigenvalue weighted by Crippen LogP contribution is -2.62. The Hall–Kier alpha value is -1.73. The summed E-state index contributed by atoms with van der Waals surface area (Å²) in [5, 5.41) is 20.9. The fourth-order valence-corrected chi connectivity index (χ4v) is 3.71. The van der Waals surface area contributed by atoms with Crippen LogP contribution in [0.15, 0.2) is 12.1 Å². The van der Waals surface area contributed by atoms with E-state index in [9.17, 15) is 9.90 Å². The van der Waals surface area contributed by atoms with Crippen molar-refractivity contribution in [2.75, 3.05) is 31.6 Å². The van der Waals surface area contributed by atoms with Crippen LogP contribution in [0.25, 0.3) is 0 Å². The van der Waals surface area contributed by atoms with Gasteiger partial charge in [-0.2, -0.15) is 0 Å². The molecule has 0 bridgehead atoms. The van der Waals surface area contributed by atoms with Gasteiger partial charge in [0.15, 0.2) is 11.5 Å². The zero-order valence-corrected chi connectivity index (χ0v) is 13.7. The van der Waals surface area contributed by atoms with Gasteiger partial charge in [-0.1, -0.05) is 0 Å². The predicted molar refractivity (Wildman–Crippen MR) is 85.3 cm³/mol. The molecule has 1 aliphatic heterocycles.